The Bertz CT molecular complexity index is 405. The van der Waals surface area contributed by atoms with Gasteiger partial charge in [-0.25, -0.2) is 0 Å². The smallest absolute Gasteiger partial charge is 0.175 e. The van der Waals surface area contributed by atoms with Gasteiger partial charge < -0.3 is 14.8 Å². The number of ether oxygens (including phenoxy) is 2. The summed E-state index contributed by atoms with van der Waals surface area (Å²) in [6.45, 7) is 1.75. The molecule has 0 atom stereocenters. The predicted molar refractivity (Wildman–Crippen MR) is 76.5 cm³/mol. The van der Waals surface area contributed by atoms with E-state index in [2.05, 4.69) is 33.4 Å². The molecule has 4 heteroatoms. The van der Waals surface area contributed by atoms with E-state index in [0.717, 1.165) is 41.5 Å². The van der Waals surface area contributed by atoms with Crippen molar-refractivity contribution in [2.75, 3.05) is 27.3 Å². The van der Waals surface area contributed by atoms with Gasteiger partial charge in [-0.15, -0.1) is 0 Å². The third-order valence-electron chi connectivity index (χ3n) is 3.11. The van der Waals surface area contributed by atoms with Crippen LogP contribution in [-0.2, 0) is 6.42 Å². The number of methoxy groups -OCH3 is 1. The van der Waals surface area contributed by atoms with Crippen molar-refractivity contribution < 1.29 is 9.47 Å². The number of rotatable bonds is 7. The Kier molecular flexibility index (Phi) is 4.89. The maximum Gasteiger partial charge on any atom is 0.175 e. The van der Waals surface area contributed by atoms with Gasteiger partial charge in [-0.1, -0.05) is 0 Å². The fourth-order valence-electron chi connectivity index (χ4n) is 1.81. The first-order valence-electron chi connectivity index (χ1n) is 6.38. The van der Waals surface area contributed by atoms with E-state index in [0.29, 0.717) is 0 Å². The van der Waals surface area contributed by atoms with Gasteiger partial charge in [-0.2, -0.15) is 0 Å². The molecule has 0 bridgehead atoms. The van der Waals surface area contributed by atoms with E-state index < -0.39 is 0 Å². The lowest BCUT2D eigenvalue weighted by atomic mass is 10.1. The summed E-state index contributed by atoms with van der Waals surface area (Å²) in [5.41, 5.74) is 1.24. The second-order valence-electron chi connectivity index (χ2n) is 4.72. The van der Waals surface area contributed by atoms with Crippen molar-refractivity contribution in [3.63, 3.8) is 0 Å². The van der Waals surface area contributed by atoms with Crippen molar-refractivity contribution in [1.29, 1.82) is 0 Å². The number of halogens is 1. The van der Waals surface area contributed by atoms with Crippen molar-refractivity contribution >= 4 is 15.9 Å². The predicted octanol–water partition coefficient (Wildman–Crippen LogP) is 3.01. The number of nitrogens with one attached hydrogen (secondary N) is 1. The molecule has 0 amide bonds. The molecule has 0 radical (unpaired) electrons. The third-order valence-corrected chi connectivity index (χ3v) is 3.70. The molecule has 1 N–H and O–H groups in total. The van der Waals surface area contributed by atoms with Crippen LogP contribution in [0.25, 0.3) is 0 Å². The van der Waals surface area contributed by atoms with Crippen LogP contribution >= 0.6 is 15.9 Å². The Morgan fingerprint density at radius 3 is 2.78 bits per heavy atom. The van der Waals surface area contributed by atoms with Gasteiger partial charge in [0.1, 0.15) is 0 Å². The maximum absolute atomic E-state index is 5.85. The molecule has 2 rings (SSSR count). The number of hydrogen-bond donors (Lipinski definition) is 1. The summed E-state index contributed by atoms with van der Waals surface area (Å²) in [5, 5.41) is 3.15. The molecule has 100 valence electrons. The van der Waals surface area contributed by atoms with E-state index in [1.54, 1.807) is 7.11 Å². The molecule has 1 fully saturated rings. The van der Waals surface area contributed by atoms with Crippen LogP contribution in [0, 0.1) is 5.92 Å². The highest BCUT2D eigenvalue weighted by molar-refractivity contribution is 9.10. The summed E-state index contributed by atoms with van der Waals surface area (Å²) >= 11 is 3.58. The van der Waals surface area contributed by atoms with Crippen molar-refractivity contribution in [3.05, 3.63) is 22.2 Å². The summed E-state index contributed by atoms with van der Waals surface area (Å²) in [7, 11) is 3.65. The minimum atomic E-state index is 0.741. The average Bonchev–Trinajstić information content (AvgIpc) is 3.18. The normalized spacial score (nSPS) is 14.6. The van der Waals surface area contributed by atoms with Crippen LogP contribution in [0.5, 0.6) is 11.5 Å². The second kappa shape index (κ2) is 6.43. The van der Waals surface area contributed by atoms with Gasteiger partial charge >= 0.3 is 0 Å². The number of hydrogen-bond acceptors (Lipinski definition) is 3. The van der Waals surface area contributed by atoms with Crippen LogP contribution in [0.3, 0.4) is 0 Å². The Labute approximate surface area is 117 Å². The van der Waals surface area contributed by atoms with Crippen molar-refractivity contribution in [1.82, 2.24) is 5.32 Å². The molecule has 1 aromatic rings. The van der Waals surface area contributed by atoms with E-state index in [1.807, 2.05) is 7.05 Å². The molecule has 0 aromatic heterocycles. The minimum absolute atomic E-state index is 0.741. The van der Waals surface area contributed by atoms with Crippen molar-refractivity contribution in [2.24, 2.45) is 5.92 Å². The fourth-order valence-corrected chi connectivity index (χ4v) is 2.42. The molecule has 18 heavy (non-hydrogen) atoms. The van der Waals surface area contributed by atoms with Crippen LogP contribution < -0.4 is 14.8 Å². The van der Waals surface area contributed by atoms with E-state index in [9.17, 15) is 0 Å². The first kappa shape index (κ1) is 13.7. The Balaban J connectivity index is 2.11. The SMILES string of the molecule is CNCCc1cc(Br)c(OCC2CC2)c(OC)c1. The zero-order chi connectivity index (χ0) is 13.0. The molecule has 0 heterocycles. The summed E-state index contributed by atoms with van der Waals surface area (Å²) < 4.78 is 12.3. The Hall–Kier alpha value is -0.740. The first-order chi connectivity index (χ1) is 8.74. The lowest BCUT2D eigenvalue weighted by Crippen LogP contribution is -2.10. The highest BCUT2D eigenvalue weighted by atomic mass is 79.9. The van der Waals surface area contributed by atoms with Gasteiger partial charge in [0.25, 0.3) is 0 Å². The number of benzene rings is 1. The van der Waals surface area contributed by atoms with Gasteiger partial charge in [-0.05, 0) is 72.4 Å². The summed E-state index contributed by atoms with van der Waals surface area (Å²) in [6, 6.07) is 4.17. The monoisotopic (exact) mass is 313 g/mol. The molecule has 1 aromatic carbocycles. The quantitative estimate of drug-likeness (QED) is 0.839. The summed E-state index contributed by atoms with van der Waals surface area (Å²) in [5.74, 6) is 2.39. The number of likely N-dealkylation sites (N-methyl/N-ethyl adjacent to an activating group) is 1. The van der Waals surface area contributed by atoms with E-state index in [-0.39, 0.29) is 0 Å². The van der Waals surface area contributed by atoms with Crippen molar-refractivity contribution in [2.45, 2.75) is 19.3 Å². The minimum Gasteiger partial charge on any atom is -0.493 e. The van der Waals surface area contributed by atoms with E-state index in [4.69, 9.17) is 9.47 Å². The second-order valence-corrected chi connectivity index (χ2v) is 5.57. The van der Waals surface area contributed by atoms with Gasteiger partial charge in [0, 0.05) is 0 Å². The molecule has 0 saturated heterocycles. The van der Waals surface area contributed by atoms with Gasteiger partial charge in [-0.3, -0.25) is 0 Å². The molecule has 1 aliphatic rings. The molecule has 3 nitrogen and oxygen atoms in total. The van der Waals surface area contributed by atoms with E-state index in [1.165, 1.54) is 18.4 Å². The standard InChI is InChI=1S/C14H20BrNO2/c1-16-6-5-11-7-12(15)14(13(8-11)17-2)18-9-10-3-4-10/h7-8,10,16H,3-6,9H2,1-2H3. The Morgan fingerprint density at radius 1 is 1.39 bits per heavy atom. The Morgan fingerprint density at radius 2 is 2.17 bits per heavy atom. The highest BCUT2D eigenvalue weighted by Gasteiger charge is 2.23. The molecular formula is C14H20BrNO2. The van der Waals surface area contributed by atoms with E-state index >= 15 is 0 Å². The first-order valence-corrected chi connectivity index (χ1v) is 7.17. The molecule has 0 unspecified atom stereocenters. The lowest BCUT2D eigenvalue weighted by Gasteiger charge is -2.14. The highest BCUT2D eigenvalue weighted by Crippen LogP contribution is 2.38. The molecule has 0 spiro atoms. The molecule has 1 aliphatic carbocycles. The van der Waals surface area contributed by atoms with Crippen molar-refractivity contribution in [3.8, 4) is 11.5 Å². The zero-order valence-electron chi connectivity index (χ0n) is 11.0. The molecule has 0 aliphatic heterocycles. The average molecular weight is 314 g/mol. The summed E-state index contributed by atoms with van der Waals surface area (Å²) in [6.07, 6.45) is 3.56. The molecule has 1 saturated carbocycles. The van der Waals surface area contributed by atoms with Crippen LogP contribution in [0.4, 0.5) is 0 Å². The lowest BCUT2D eigenvalue weighted by molar-refractivity contribution is 0.278. The molecular weight excluding hydrogens is 294 g/mol. The maximum atomic E-state index is 5.85. The van der Waals surface area contributed by atoms with Crippen LogP contribution in [0.2, 0.25) is 0 Å². The topological polar surface area (TPSA) is 30.5 Å². The van der Waals surface area contributed by atoms with Gasteiger partial charge in [0.05, 0.1) is 18.2 Å². The van der Waals surface area contributed by atoms with Gasteiger partial charge in [0.15, 0.2) is 11.5 Å². The largest absolute Gasteiger partial charge is 0.493 e. The van der Waals surface area contributed by atoms with Crippen LogP contribution in [-0.4, -0.2) is 27.3 Å². The van der Waals surface area contributed by atoms with Crippen LogP contribution in [0.15, 0.2) is 16.6 Å². The van der Waals surface area contributed by atoms with Gasteiger partial charge in [0.2, 0.25) is 0 Å². The summed E-state index contributed by atoms with van der Waals surface area (Å²) in [4.78, 5) is 0. The zero-order valence-corrected chi connectivity index (χ0v) is 12.5. The third kappa shape index (κ3) is 3.62. The fraction of sp³-hybridized carbons (Fsp3) is 0.571. The van der Waals surface area contributed by atoms with Crippen LogP contribution in [0.1, 0.15) is 18.4 Å².